The maximum absolute atomic E-state index is 12.1. The van der Waals surface area contributed by atoms with Gasteiger partial charge in [0.1, 0.15) is 5.56 Å². The Morgan fingerprint density at radius 3 is 2.69 bits per heavy atom. The molecule has 0 aliphatic rings. The minimum absolute atomic E-state index is 0.294. The van der Waals surface area contributed by atoms with Crippen molar-refractivity contribution in [1.82, 2.24) is 24.5 Å². The van der Waals surface area contributed by atoms with E-state index < -0.39 is 5.91 Å². The third-order valence-electron chi connectivity index (χ3n) is 4.16. The van der Waals surface area contributed by atoms with E-state index in [0.717, 1.165) is 22.2 Å². The molecule has 0 aromatic carbocycles. The molecular formula is C18H16N6OS. The van der Waals surface area contributed by atoms with Crippen molar-refractivity contribution in [1.29, 1.82) is 0 Å². The molecule has 0 aliphatic heterocycles. The average molecular weight is 364 g/mol. The highest BCUT2D eigenvalue weighted by Crippen LogP contribution is 2.28. The van der Waals surface area contributed by atoms with Gasteiger partial charge in [0.05, 0.1) is 17.4 Å². The second-order valence-electron chi connectivity index (χ2n) is 6.06. The van der Waals surface area contributed by atoms with Crippen molar-refractivity contribution in [2.75, 3.05) is 0 Å². The number of thiazole rings is 1. The van der Waals surface area contributed by atoms with Gasteiger partial charge < -0.3 is 5.73 Å². The lowest BCUT2D eigenvalue weighted by Crippen LogP contribution is -2.19. The van der Waals surface area contributed by atoms with Crippen LogP contribution in [-0.4, -0.2) is 30.4 Å². The molecule has 26 heavy (non-hydrogen) atoms. The lowest BCUT2D eigenvalue weighted by Gasteiger charge is -2.12. The summed E-state index contributed by atoms with van der Waals surface area (Å²) in [4.78, 5) is 29.9. The molecule has 1 amide bonds. The number of primary amides is 1. The number of aromatic nitrogens is 5. The number of hydrogen-bond acceptors (Lipinski definition) is 6. The molecule has 0 saturated heterocycles. The first-order valence-corrected chi connectivity index (χ1v) is 8.86. The van der Waals surface area contributed by atoms with Crippen LogP contribution in [0.2, 0.25) is 0 Å². The Balaban J connectivity index is 2.05. The second kappa shape index (κ2) is 5.99. The average Bonchev–Trinajstić information content (AvgIpc) is 3.18. The van der Waals surface area contributed by atoms with E-state index in [-0.39, 0.29) is 0 Å². The van der Waals surface area contributed by atoms with Crippen molar-refractivity contribution < 1.29 is 4.79 Å². The molecule has 4 heterocycles. The largest absolute Gasteiger partial charge is 0.365 e. The molecule has 4 rings (SSSR count). The Morgan fingerprint density at radius 2 is 2.00 bits per heavy atom. The monoisotopic (exact) mass is 364 g/mol. The van der Waals surface area contributed by atoms with E-state index in [0.29, 0.717) is 27.9 Å². The molecule has 0 saturated carbocycles. The Hall–Kier alpha value is -3.13. The van der Waals surface area contributed by atoms with Gasteiger partial charge in [-0.15, -0.1) is 11.3 Å². The van der Waals surface area contributed by atoms with Crippen LogP contribution in [0.1, 0.15) is 27.3 Å². The standard InChI is InChI=1S/C18H16N6OS/c1-9-7-24(13-6-20-5-4-12(9)13)17-14(15(19)25)11(3)22-16(23-17)18-21-10(2)8-26-18/h4-8H,1-3H3,(H2,19,25). The van der Waals surface area contributed by atoms with Gasteiger partial charge in [-0.05, 0) is 32.4 Å². The molecule has 0 spiro atoms. The number of carbonyl (C=O) groups excluding carboxylic acids is 1. The highest BCUT2D eigenvalue weighted by molar-refractivity contribution is 7.13. The molecule has 0 atom stereocenters. The summed E-state index contributed by atoms with van der Waals surface area (Å²) in [6.07, 6.45) is 5.42. The molecule has 7 nitrogen and oxygen atoms in total. The number of hydrogen-bond donors (Lipinski definition) is 1. The van der Waals surface area contributed by atoms with E-state index in [9.17, 15) is 4.79 Å². The van der Waals surface area contributed by atoms with Crippen LogP contribution in [0.4, 0.5) is 0 Å². The van der Waals surface area contributed by atoms with Crippen LogP contribution in [-0.2, 0) is 0 Å². The number of fused-ring (bicyclic) bond motifs is 1. The fourth-order valence-corrected chi connectivity index (χ4v) is 3.72. The molecule has 2 N–H and O–H groups in total. The summed E-state index contributed by atoms with van der Waals surface area (Å²) in [5, 5.41) is 3.68. The summed E-state index contributed by atoms with van der Waals surface area (Å²) in [5.41, 5.74) is 9.26. The summed E-state index contributed by atoms with van der Waals surface area (Å²) in [6, 6.07) is 1.93. The van der Waals surface area contributed by atoms with Gasteiger partial charge in [-0.25, -0.2) is 15.0 Å². The van der Waals surface area contributed by atoms with Crippen LogP contribution in [0.5, 0.6) is 0 Å². The summed E-state index contributed by atoms with van der Waals surface area (Å²) < 4.78 is 1.84. The van der Waals surface area contributed by atoms with Crippen LogP contribution in [0.15, 0.2) is 30.0 Å². The van der Waals surface area contributed by atoms with Gasteiger partial charge in [-0.1, -0.05) is 0 Å². The minimum atomic E-state index is -0.567. The van der Waals surface area contributed by atoms with Gasteiger partial charge in [-0.2, -0.15) is 0 Å². The van der Waals surface area contributed by atoms with Crippen LogP contribution in [0, 0.1) is 20.8 Å². The van der Waals surface area contributed by atoms with Crippen LogP contribution in [0.3, 0.4) is 0 Å². The summed E-state index contributed by atoms with van der Waals surface area (Å²) in [5.74, 6) is 0.353. The number of rotatable bonds is 3. The minimum Gasteiger partial charge on any atom is -0.365 e. The quantitative estimate of drug-likeness (QED) is 0.602. The third kappa shape index (κ3) is 2.55. The van der Waals surface area contributed by atoms with E-state index >= 15 is 0 Å². The third-order valence-corrected chi connectivity index (χ3v) is 5.12. The zero-order valence-corrected chi connectivity index (χ0v) is 15.3. The topological polar surface area (TPSA) is 99.6 Å². The molecule has 0 unspecified atom stereocenters. The van der Waals surface area contributed by atoms with E-state index in [4.69, 9.17) is 5.73 Å². The van der Waals surface area contributed by atoms with Gasteiger partial charge in [-0.3, -0.25) is 14.3 Å². The predicted octanol–water partition coefficient (Wildman–Crippen LogP) is 2.96. The maximum Gasteiger partial charge on any atom is 0.254 e. The Kier molecular flexibility index (Phi) is 3.77. The number of pyridine rings is 1. The van der Waals surface area contributed by atoms with E-state index in [1.54, 1.807) is 19.3 Å². The molecule has 0 bridgehead atoms. The number of carbonyl (C=O) groups is 1. The van der Waals surface area contributed by atoms with Gasteiger partial charge >= 0.3 is 0 Å². The van der Waals surface area contributed by atoms with Crippen molar-refractivity contribution in [3.8, 4) is 16.6 Å². The van der Waals surface area contributed by atoms with Crippen LogP contribution in [0.25, 0.3) is 27.6 Å². The zero-order chi connectivity index (χ0) is 18.4. The van der Waals surface area contributed by atoms with Crippen molar-refractivity contribution in [2.24, 2.45) is 5.73 Å². The molecule has 4 aromatic heterocycles. The predicted molar refractivity (Wildman–Crippen MR) is 100 cm³/mol. The maximum atomic E-state index is 12.1. The first kappa shape index (κ1) is 16.3. The summed E-state index contributed by atoms with van der Waals surface area (Å²) >= 11 is 1.46. The Morgan fingerprint density at radius 1 is 1.19 bits per heavy atom. The molecule has 0 radical (unpaired) electrons. The Labute approximate surface area is 153 Å². The van der Waals surface area contributed by atoms with Crippen molar-refractivity contribution in [2.45, 2.75) is 20.8 Å². The second-order valence-corrected chi connectivity index (χ2v) is 6.92. The first-order valence-electron chi connectivity index (χ1n) is 7.98. The van der Waals surface area contributed by atoms with E-state index in [1.165, 1.54) is 11.3 Å². The molecule has 4 aromatic rings. The fourth-order valence-electron chi connectivity index (χ4n) is 2.99. The van der Waals surface area contributed by atoms with Gasteiger partial charge in [0.2, 0.25) is 0 Å². The number of nitrogens with two attached hydrogens (primary N) is 1. The van der Waals surface area contributed by atoms with E-state index in [1.807, 2.05) is 36.1 Å². The molecule has 0 aliphatic carbocycles. The SMILES string of the molecule is Cc1csc(-c2nc(C)c(C(N)=O)c(-n3cc(C)c4ccncc43)n2)n1. The number of amides is 1. The molecule has 130 valence electrons. The number of aryl methyl sites for hydroxylation is 3. The summed E-state index contributed by atoms with van der Waals surface area (Å²) in [7, 11) is 0. The molecule has 0 fully saturated rings. The van der Waals surface area contributed by atoms with Crippen molar-refractivity contribution >= 4 is 28.1 Å². The van der Waals surface area contributed by atoms with Gasteiger partial charge in [0, 0.05) is 28.9 Å². The van der Waals surface area contributed by atoms with Crippen molar-refractivity contribution in [3.05, 3.63) is 52.6 Å². The van der Waals surface area contributed by atoms with Gasteiger partial charge in [0.25, 0.3) is 5.91 Å². The lowest BCUT2D eigenvalue weighted by atomic mass is 10.2. The normalized spacial score (nSPS) is 11.2. The van der Waals surface area contributed by atoms with Crippen LogP contribution < -0.4 is 5.73 Å². The van der Waals surface area contributed by atoms with E-state index in [2.05, 4.69) is 19.9 Å². The lowest BCUT2D eigenvalue weighted by molar-refractivity contribution is 0.0999. The fraction of sp³-hybridized carbons (Fsp3) is 0.167. The van der Waals surface area contributed by atoms with Gasteiger partial charge in [0.15, 0.2) is 16.6 Å². The smallest absolute Gasteiger partial charge is 0.254 e. The van der Waals surface area contributed by atoms with Crippen LogP contribution >= 0.6 is 11.3 Å². The molecular weight excluding hydrogens is 348 g/mol. The Bertz CT molecular complexity index is 1160. The number of nitrogens with zero attached hydrogens (tertiary/aromatic N) is 5. The highest BCUT2D eigenvalue weighted by Gasteiger charge is 2.21. The summed E-state index contributed by atoms with van der Waals surface area (Å²) in [6.45, 7) is 5.67. The first-order chi connectivity index (χ1) is 12.5. The molecule has 8 heteroatoms. The van der Waals surface area contributed by atoms with Crippen molar-refractivity contribution in [3.63, 3.8) is 0 Å². The highest BCUT2D eigenvalue weighted by atomic mass is 32.1. The zero-order valence-electron chi connectivity index (χ0n) is 14.5.